The second kappa shape index (κ2) is 11.8. The minimum Gasteiger partial charge on any atom is -0.120 e. The Morgan fingerprint density at radius 3 is 1.66 bits per heavy atom. The van der Waals surface area contributed by atoms with Gasteiger partial charge in [0.1, 0.15) is 0 Å². The quantitative estimate of drug-likeness (QED) is 0.140. The molecule has 9 rings (SSSR count). The van der Waals surface area contributed by atoms with Crippen molar-refractivity contribution in [2.24, 2.45) is 0 Å². The lowest BCUT2D eigenvalue weighted by Gasteiger charge is -2.31. The molecule has 222 valence electrons. The van der Waals surface area contributed by atoms with Crippen molar-refractivity contribution >= 4 is 5.57 Å². The molecule has 3 aliphatic carbocycles. The largest absolute Gasteiger partial charge is 0.120 e. The van der Waals surface area contributed by atoms with Gasteiger partial charge in [-0.2, -0.15) is 0 Å². The van der Waals surface area contributed by atoms with Crippen molar-refractivity contribution in [1.82, 2.24) is 0 Å². The van der Waals surface area contributed by atoms with E-state index in [2.05, 4.69) is 176 Å². The lowest BCUT2D eigenvalue weighted by molar-refractivity contribution is 0.786. The van der Waals surface area contributed by atoms with Crippen molar-refractivity contribution in [3.05, 3.63) is 216 Å². The Hall–Kier alpha value is -5.94. The summed E-state index contributed by atoms with van der Waals surface area (Å²) < 4.78 is 0. The van der Waals surface area contributed by atoms with Crippen molar-refractivity contribution in [3.8, 4) is 44.5 Å². The predicted molar refractivity (Wildman–Crippen MR) is 199 cm³/mol. The van der Waals surface area contributed by atoms with Crippen LogP contribution in [0.2, 0.25) is 0 Å². The molecule has 6 aromatic carbocycles. The molecule has 6 aromatic rings. The van der Waals surface area contributed by atoms with Crippen LogP contribution in [0.15, 0.2) is 194 Å². The number of allylic oxidation sites excluding steroid dienone is 6. The number of fused-ring (bicyclic) bond motifs is 9. The fourth-order valence-corrected chi connectivity index (χ4v) is 7.67. The highest BCUT2D eigenvalue weighted by atomic mass is 14.5. The van der Waals surface area contributed by atoms with Crippen LogP contribution in [0.4, 0.5) is 0 Å². The van der Waals surface area contributed by atoms with E-state index in [4.69, 9.17) is 0 Å². The first-order valence-corrected chi connectivity index (χ1v) is 16.3. The molecule has 0 bridgehead atoms. The molecule has 47 heavy (non-hydrogen) atoms. The first-order valence-electron chi connectivity index (χ1n) is 16.3. The molecule has 0 heteroatoms. The fourth-order valence-electron chi connectivity index (χ4n) is 7.67. The van der Waals surface area contributed by atoms with E-state index in [1.165, 1.54) is 77.9 Å². The maximum absolute atomic E-state index is 3.45. The van der Waals surface area contributed by atoms with Gasteiger partial charge in [-0.3, -0.25) is 0 Å². The maximum atomic E-state index is 3.45. The van der Waals surface area contributed by atoms with Gasteiger partial charge in [0, 0.05) is 0 Å². The standard InChI is InChI=1S/C44H28.C3H6/c1-4-14-30(15-5-1)33-26-34(31-16-6-2-7-17-31)28-35(27-33)32-24-25-43-39(29-32)38-20-11-13-23-42(38)44(43)40-21-9-3-8-18-36(40)37-19-10-12-22-41(37)44;1-3-2/h1-8,10-29H;3H,1H2,2H3. The Labute approximate surface area is 277 Å². The summed E-state index contributed by atoms with van der Waals surface area (Å²) in [5.74, 6) is 0. The van der Waals surface area contributed by atoms with Crippen LogP contribution >= 0.6 is 0 Å². The first-order chi connectivity index (χ1) is 23.2. The molecule has 1 spiro atoms. The zero-order chi connectivity index (χ0) is 31.8. The minimum absolute atomic E-state index is 0.368. The summed E-state index contributed by atoms with van der Waals surface area (Å²) >= 11 is 0. The highest BCUT2D eigenvalue weighted by Crippen LogP contribution is 2.62. The highest BCUT2D eigenvalue weighted by Gasteiger charge is 2.51. The Morgan fingerprint density at radius 1 is 0.511 bits per heavy atom. The van der Waals surface area contributed by atoms with E-state index in [-0.39, 0.29) is 5.41 Å². The van der Waals surface area contributed by atoms with E-state index < -0.39 is 0 Å². The molecule has 0 heterocycles. The molecule has 0 fully saturated rings. The first kappa shape index (κ1) is 28.5. The van der Waals surface area contributed by atoms with Crippen LogP contribution in [0, 0.1) is 0 Å². The van der Waals surface area contributed by atoms with Gasteiger partial charge in [-0.25, -0.2) is 0 Å². The fraction of sp³-hybridized carbons (Fsp3) is 0.0426. The summed E-state index contributed by atoms with van der Waals surface area (Å²) in [4.78, 5) is 0. The van der Waals surface area contributed by atoms with Gasteiger partial charge in [-0.15, -0.1) is 12.3 Å². The summed E-state index contributed by atoms with van der Waals surface area (Å²) in [7, 11) is 0. The van der Waals surface area contributed by atoms with Crippen molar-refractivity contribution < 1.29 is 0 Å². The number of hydrogen-bond donors (Lipinski definition) is 0. The van der Waals surface area contributed by atoms with Crippen LogP contribution in [0.1, 0.15) is 29.2 Å². The second-order valence-electron chi connectivity index (χ2n) is 12.2. The zero-order valence-corrected chi connectivity index (χ0v) is 26.5. The molecule has 0 N–H and O–H groups in total. The number of benzene rings is 6. The lowest BCUT2D eigenvalue weighted by Crippen LogP contribution is -2.26. The average Bonchev–Trinajstić information content (AvgIpc) is 3.43. The van der Waals surface area contributed by atoms with E-state index in [9.17, 15) is 0 Å². The molecule has 1 atom stereocenters. The molecule has 0 saturated carbocycles. The smallest absolute Gasteiger partial charge is 0.0731 e. The zero-order valence-electron chi connectivity index (χ0n) is 26.5. The highest BCUT2D eigenvalue weighted by molar-refractivity contribution is 5.99. The number of hydrogen-bond acceptors (Lipinski definition) is 0. The molecule has 0 saturated heterocycles. The third-order valence-electron chi connectivity index (χ3n) is 9.52. The predicted octanol–water partition coefficient (Wildman–Crippen LogP) is 12.2. The van der Waals surface area contributed by atoms with Gasteiger partial charge < -0.3 is 0 Å². The van der Waals surface area contributed by atoms with Crippen LogP contribution < -0.4 is 0 Å². The molecule has 0 aromatic heterocycles. The lowest BCUT2D eigenvalue weighted by atomic mass is 9.69. The topological polar surface area (TPSA) is 0 Å². The summed E-state index contributed by atoms with van der Waals surface area (Å²) in [6.07, 6.45) is 10.4. The van der Waals surface area contributed by atoms with Gasteiger partial charge in [0.05, 0.1) is 5.41 Å². The van der Waals surface area contributed by atoms with Crippen LogP contribution in [-0.4, -0.2) is 0 Å². The third kappa shape index (κ3) is 4.54. The minimum atomic E-state index is -0.368. The summed E-state index contributed by atoms with van der Waals surface area (Å²) in [5.41, 5.74) is 21.0. The molecular weight excluding hydrogens is 565 g/mol. The number of rotatable bonds is 3. The monoisotopic (exact) mass is 598 g/mol. The van der Waals surface area contributed by atoms with Gasteiger partial charge >= 0.3 is 0 Å². The Balaban J connectivity index is 0.00000104. The van der Waals surface area contributed by atoms with Crippen molar-refractivity contribution in [2.45, 2.75) is 12.3 Å². The van der Waals surface area contributed by atoms with Gasteiger partial charge in [0.25, 0.3) is 0 Å². The molecule has 1 unspecified atom stereocenters. The normalized spacial score (nSPS) is 16.1. The summed E-state index contributed by atoms with van der Waals surface area (Å²) in [5, 5.41) is 0. The van der Waals surface area contributed by atoms with Crippen LogP contribution in [0.5, 0.6) is 0 Å². The van der Waals surface area contributed by atoms with E-state index in [1.807, 2.05) is 13.0 Å². The molecule has 0 nitrogen and oxygen atoms in total. The third-order valence-corrected chi connectivity index (χ3v) is 9.52. The van der Waals surface area contributed by atoms with Crippen LogP contribution in [-0.2, 0) is 5.41 Å². The average molecular weight is 599 g/mol. The molecule has 0 radical (unpaired) electrons. The van der Waals surface area contributed by atoms with E-state index >= 15 is 0 Å². The van der Waals surface area contributed by atoms with Gasteiger partial charge in [0.2, 0.25) is 0 Å². The van der Waals surface area contributed by atoms with Gasteiger partial charge in [0.15, 0.2) is 0 Å². The molecule has 0 aliphatic heterocycles. The SMILES string of the molecule is C1=CC=CC2=C(C=1)C1(c3ccccc32)c2ccccc2-c2cc(-c3cc(-c4ccccc4)cc(-c4ccccc4)c3)ccc21.C=CC. The molecule has 0 amide bonds. The summed E-state index contributed by atoms with van der Waals surface area (Å²) in [6.45, 7) is 5.25. The molecule has 3 aliphatic rings. The second-order valence-corrected chi connectivity index (χ2v) is 12.2. The van der Waals surface area contributed by atoms with Crippen molar-refractivity contribution in [1.29, 1.82) is 0 Å². The Kier molecular flexibility index (Phi) is 7.14. The van der Waals surface area contributed by atoms with Crippen molar-refractivity contribution in [2.75, 3.05) is 0 Å². The van der Waals surface area contributed by atoms with E-state index in [0.29, 0.717) is 0 Å². The molecular formula is C47H34. The van der Waals surface area contributed by atoms with E-state index in [0.717, 1.165) is 0 Å². The van der Waals surface area contributed by atoms with Gasteiger partial charge in [-0.1, -0.05) is 140 Å². The summed E-state index contributed by atoms with van der Waals surface area (Å²) in [6, 6.07) is 53.5. The van der Waals surface area contributed by atoms with E-state index in [1.54, 1.807) is 6.08 Å². The Bertz CT molecular complexity index is 2230. The maximum Gasteiger partial charge on any atom is 0.0731 e. The van der Waals surface area contributed by atoms with Crippen LogP contribution in [0.3, 0.4) is 0 Å². The van der Waals surface area contributed by atoms with Crippen LogP contribution in [0.25, 0.3) is 50.1 Å². The van der Waals surface area contributed by atoms with Crippen molar-refractivity contribution in [3.63, 3.8) is 0 Å². The Morgan fingerprint density at radius 2 is 1.02 bits per heavy atom. The van der Waals surface area contributed by atoms with Gasteiger partial charge in [-0.05, 0) is 121 Å².